The lowest BCUT2D eigenvalue weighted by Gasteiger charge is -2.31. The molecular weight excluding hydrogens is 619 g/mol. The second-order valence-electron chi connectivity index (χ2n) is 12.6. The molecule has 0 unspecified atom stereocenters. The van der Waals surface area contributed by atoms with E-state index in [2.05, 4.69) is 227 Å². The topological polar surface area (TPSA) is 11.4 Å². The zero-order valence-corrected chi connectivity index (χ0v) is 28.0. The van der Waals surface area contributed by atoms with Crippen LogP contribution in [0.1, 0.15) is 0 Å². The van der Waals surface area contributed by atoms with Crippen LogP contribution in [0, 0.1) is 0 Å². The number of aromatic nitrogens is 1. The van der Waals surface area contributed by atoms with Crippen molar-refractivity contribution < 1.29 is 0 Å². The van der Waals surface area contributed by atoms with E-state index >= 15 is 0 Å². The number of fused-ring (bicyclic) bond motifs is 3. The summed E-state index contributed by atoms with van der Waals surface area (Å²) in [4.78, 5) is 4.73. The third kappa shape index (κ3) is 5.51. The lowest BCUT2D eigenvalue weighted by atomic mass is 9.97. The Morgan fingerprint density at radius 1 is 0.314 bits per heavy atom. The van der Waals surface area contributed by atoms with Crippen molar-refractivity contribution in [2.24, 2.45) is 0 Å². The summed E-state index contributed by atoms with van der Waals surface area (Å²) < 4.78 is 2.42. The van der Waals surface area contributed by atoms with Crippen molar-refractivity contribution in [3.63, 3.8) is 0 Å². The monoisotopic (exact) mass is 653 g/mol. The van der Waals surface area contributed by atoms with Crippen LogP contribution in [0.2, 0.25) is 0 Å². The van der Waals surface area contributed by atoms with E-state index in [1.54, 1.807) is 0 Å². The number of hydrogen-bond acceptors (Lipinski definition) is 2. The molecule has 0 aliphatic carbocycles. The second kappa shape index (κ2) is 13.2. The van der Waals surface area contributed by atoms with Crippen molar-refractivity contribution in [1.29, 1.82) is 0 Å². The molecule has 1 aromatic heterocycles. The van der Waals surface area contributed by atoms with Gasteiger partial charge >= 0.3 is 0 Å². The first-order chi connectivity index (χ1) is 25.3. The van der Waals surface area contributed by atoms with Gasteiger partial charge in [-0.25, -0.2) is 0 Å². The first-order valence-electron chi connectivity index (χ1n) is 17.4. The molecule has 0 bridgehead atoms. The van der Waals surface area contributed by atoms with Crippen LogP contribution in [0.25, 0.3) is 38.6 Å². The van der Waals surface area contributed by atoms with Crippen molar-refractivity contribution in [1.82, 2.24) is 4.57 Å². The largest absolute Gasteiger partial charge is 0.310 e. The lowest BCUT2D eigenvalue weighted by molar-refractivity contribution is 1.18. The maximum Gasteiger partial charge on any atom is 0.0620 e. The molecule has 0 spiro atoms. The molecule has 0 atom stereocenters. The number of rotatable bonds is 8. The Morgan fingerprint density at radius 3 is 1.35 bits per heavy atom. The van der Waals surface area contributed by atoms with Crippen LogP contribution in [0.3, 0.4) is 0 Å². The van der Waals surface area contributed by atoms with Gasteiger partial charge in [0.25, 0.3) is 0 Å². The van der Waals surface area contributed by atoms with E-state index in [-0.39, 0.29) is 0 Å². The van der Waals surface area contributed by atoms with Crippen LogP contribution in [0.15, 0.2) is 212 Å². The fraction of sp³-hybridized carbons (Fsp3) is 0. The average Bonchev–Trinajstić information content (AvgIpc) is 3.55. The first-order valence-corrected chi connectivity index (χ1v) is 17.4. The number of para-hydroxylation sites is 7. The molecule has 51 heavy (non-hydrogen) atoms. The maximum absolute atomic E-state index is 2.42. The summed E-state index contributed by atoms with van der Waals surface area (Å²) in [6, 6.07) is 75.7. The smallest absolute Gasteiger partial charge is 0.0620 e. The van der Waals surface area contributed by atoms with Gasteiger partial charge in [-0.1, -0.05) is 133 Å². The van der Waals surface area contributed by atoms with E-state index in [0.717, 1.165) is 50.9 Å². The van der Waals surface area contributed by atoms with Gasteiger partial charge in [-0.05, 0) is 78.9 Å². The van der Waals surface area contributed by atoms with Gasteiger partial charge in [0.2, 0.25) is 0 Å². The predicted octanol–water partition coefficient (Wildman–Crippen LogP) is 13.4. The SMILES string of the molecule is c1ccc(N(c2ccccc2)c2ccc(-c3cccc4c5ccccc5n(-c5ccccc5)c34)c(N(c3ccccc3)c3ccccc3)c2)cc1. The Balaban J connectivity index is 1.38. The molecule has 1 heterocycles. The number of hydrogen-bond donors (Lipinski definition) is 0. The molecule has 0 fully saturated rings. The molecule has 0 N–H and O–H groups in total. The van der Waals surface area contributed by atoms with Crippen molar-refractivity contribution in [3.05, 3.63) is 212 Å². The Kier molecular flexibility index (Phi) is 7.84. The van der Waals surface area contributed by atoms with E-state index < -0.39 is 0 Å². The van der Waals surface area contributed by atoms with Crippen LogP contribution >= 0.6 is 0 Å². The van der Waals surface area contributed by atoms with Crippen molar-refractivity contribution in [2.45, 2.75) is 0 Å². The first kappa shape index (κ1) is 30.2. The molecule has 0 saturated carbocycles. The van der Waals surface area contributed by atoms with Gasteiger partial charge in [-0.2, -0.15) is 0 Å². The Hall–Kier alpha value is -6.84. The standard InChI is InChI=1S/C48H35N3/c1-6-19-36(20-7-1)49(37-21-8-2-9-22-37)41-33-34-43(47(35-41)50(38-23-10-3-11-24-38)39-25-12-4-13-26-39)45-31-18-30-44-42-29-16-17-32-46(42)51(48(44)45)40-27-14-5-15-28-40/h1-35H. The molecular formula is C48H35N3. The van der Waals surface area contributed by atoms with Gasteiger partial charge in [0, 0.05) is 56.0 Å². The fourth-order valence-electron chi connectivity index (χ4n) is 7.34. The van der Waals surface area contributed by atoms with Crippen molar-refractivity contribution in [2.75, 3.05) is 9.80 Å². The quantitative estimate of drug-likeness (QED) is 0.162. The minimum atomic E-state index is 1.07. The Morgan fingerprint density at radius 2 is 0.784 bits per heavy atom. The Bertz CT molecular complexity index is 2480. The normalized spacial score (nSPS) is 11.1. The lowest BCUT2D eigenvalue weighted by Crippen LogP contribution is -2.14. The van der Waals surface area contributed by atoms with Gasteiger partial charge in [0.1, 0.15) is 0 Å². The average molecular weight is 654 g/mol. The highest BCUT2D eigenvalue weighted by Crippen LogP contribution is 2.47. The predicted molar refractivity (Wildman–Crippen MR) is 216 cm³/mol. The van der Waals surface area contributed by atoms with Crippen molar-refractivity contribution in [3.8, 4) is 16.8 Å². The fourth-order valence-corrected chi connectivity index (χ4v) is 7.34. The summed E-state index contributed by atoms with van der Waals surface area (Å²) in [6.45, 7) is 0. The molecule has 8 aromatic carbocycles. The zero-order chi connectivity index (χ0) is 34.0. The van der Waals surface area contributed by atoms with Gasteiger partial charge < -0.3 is 14.4 Å². The molecule has 0 saturated heterocycles. The van der Waals surface area contributed by atoms with Crippen LogP contribution in [0.5, 0.6) is 0 Å². The van der Waals surface area contributed by atoms with Crippen LogP contribution in [0.4, 0.5) is 34.1 Å². The highest BCUT2D eigenvalue weighted by molar-refractivity contribution is 6.15. The van der Waals surface area contributed by atoms with Crippen molar-refractivity contribution >= 4 is 55.9 Å². The molecule has 3 nitrogen and oxygen atoms in total. The van der Waals surface area contributed by atoms with Gasteiger partial charge in [-0.3, -0.25) is 0 Å². The molecule has 3 heteroatoms. The molecule has 0 aliphatic rings. The summed E-state index contributed by atoms with van der Waals surface area (Å²) in [5.41, 5.74) is 12.3. The van der Waals surface area contributed by atoms with Crippen LogP contribution in [-0.2, 0) is 0 Å². The molecule has 0 amide bonds. The van der Waals surface area contributed by atoms with Crippen LogP contribution in [-0.4, -0.2) is 4.57 Å². The number of anilines is 6. The summed E-state index contributed by atoms with van der Waals surface area (Å²) in [6.07, 6.45) is 0. The zero-order valence-electron chi connectivity index (χ0n) is 28.0. The highest BCUT2D eigenvalue weighted by atomic mass is 15.2. The van der Waals surface area contributed by atoms with Crippen LogP contribution < -0.4 is 9.80 Å². The van der Waals surface area contributed by atoms with Gasteiger partial charge in [-0.15, -0.1) is 0 Å². The molecule has 242 valence electrons. The third-order valence-corrected chi connectivity index (χ3v) is 9.54. The Labute approximate surface area is 298 Å². The minimum absolute atomic E-state index is 1.07. The van der Waals surface area contributed by atoms with Gasteiger partial charge in [0.05, 0.1) is 16.7 Å². The summed E-state index contributed by atoms with van der Waals surface area (Å²) >= 11 is 0. The van der Waals surface area contributed by atoms with E-state index in [4.69, 9.17) is 0 Å². The molecule has 9 rings (SSSR count). The van der Waals surface area contributed by atoms with E-state index in [0.29, 0.717) is 0 Å². The molecule has 9 aromatic rings. The summed E-state index contributed by atoms with van der Waals surface area (Å²) in [5, 5.41) is 2.46. The second-order valence-corrected chi connectivity index (χ2v) is 12.6. The third-order valence-electron chi connectivity index (χ3n) is 9.54. The number of benzene rings is 8. The van der Waals surface area contributed by atoms with E-state index in [9.17, 15) is 0 Å². The highest BCUT2D eigenvalue weighted by Gasteiger charge is 2.24. The molecule has 0 radical (unpaired) electrons. The van der Waals surface area contributed by atoms with Gasteiger partial charge in [0.15, 0.2) is 0 Å². The summed E-state index contributed by atoms with van der Waals surface area (Å²) in [5.74, 6) is 0. The minimum Gasteiger partial charge on any atom is -0.310 e. The number of nitrogens with zero attached hydrogens (tertiary/aromatic N) is 3. The molecule has 0 aliphatic heterocycles. The van der Waals surface area contributed by atoms with E-state index in [1.807, 2.05) is 0 Å². The summed E-state index contributed by atoms with van der Waals surface area (Å²) in [7, 11) is 0. The van der Waals surface area contributed by atoms with E-state index in [1.165, 1.54) is 21.8 Å². The maximum atomic E-state index is 2.42.